The van der Waals surface area contributed by atoms with Crippen molar-refractivity contribution < 1.29 is 4.74 Å². The predicted molar refractivity (Wildman–Crippen MR) is 105 cm³/mol. The van der Waals surface area contributed by atoms with Crippen LogP contribution in [0.1, 0.15) is 11.1 Å². The fraction of sp³-hybridized carbons (Fsp3) is 0.529. The second kappa shape index (κ2) is 7.75. The number of hydrogen-bond donors (Lipinski definition) is 0. The van der Waals surface area contributed by atoms with Gasteiger partial charge in [0.15, 0.2) is 8.29 Å². The Balaban J connectivity index is 1.31. The van der Waals surface area contributed by atoms with Crippen molar-refractivity contribution in [1.82, 2.24) is 19.6 Å². The van der Waals surface area contributed by atoms with Crippen LogP contribution in [0, 0.1) is 3.95 Å². The lowest BCUT2D eigenvalue weighted by atomic mass is 10.1. The zero-order valence-corrected chi connectivity index (χ0v) is 16.8. The molecule has 2 aliphatic rings. The van der Waals surface area contributed by atoms with E-state index in [-0.39, 0.29) is 0 Å². The third-order valence-corrected chi connectivity index (χ3v) is 7.00. The molecular weight excluding hydrogens is 372 g/mol. The van der Waals surface area contributed by atoms with Gasteiger partial charge in [-0.25, -0.2) is 4.68 Å². The molecule has 0 unspecified atom stereocenters. The third-order valence-electron chi connectivity index (χ3n) is 4.72. The van der Waals surface area contributed by atoms with Gasteiger partial charge in [0.25, 0.3) is 0 Å². The minimum Gasteiger partial charge on any atom is -0.493 e. The highest BCUT2D eigenvalue weighted by atomic mass is 32.2. The van der Waals surface area contributed by atoms with E-state index in [0.717, 1.165) is 66.5 Å². The van der Waals surface area contributed by atoms with Gasteiger partial charge in [-0.3, -0.25) is 9.80 Å². The van der Waals surface area contributed by atoms with Crippen molar-refractivity contribution in [2.45, 2.75) is 24.0 Å². The largest absolute Gasteiger partial charge is 0.493 e. The topological polar surface area (TPSA) is 33.5 Å². The minimum absolute atomic E-state index is 0.805. The number of hydrogen-bond acceptors (Lipinski definition) is 7. The highest BCUT2D eigenvalue weighted by Crippen LogP contribution is 2.26. The van der Waals surface area contributed by atoms with Crippen LogP contribution >= 0.6 is 35.3 Å². The first-order chi connectivity index (χ1) is 12.2. The standard InChI is InChI=1S/C17H22N4OS3/c1-24-16-18-21(17(23)25-16)12-20-7-5-19(6-8-20)11-13-2-3-15-14(10-13)4-9-22-15/h2-3,10H,4-9,11-12H2,1H3. The summed E-state index contributed by atoms with van der Waals surface area (Å²) in [5, 5.41) is 4.57. The quantitative estimate of drug-likeness (QED) is 0.573. The predicted octanol–water partition coefficient (Wildman–Crippen LogP) is 3.11. The molecular formula is C17H22N4OS3. The zero-order chi connectivity index (χ0) is 17.2. The van der Waals surface area contributed by atoms with E-state index in [1.165, 1.54) is 11.1 Å². The van der Waals surface area contributed by atoms with E-state index >= 15 is 0 Å². The lowest BCUT2D eigenvalue weighted by Gasteiger charge is -2.34. The van der Waals surface area contributed by atoms with Crippen LogP contribution in [0.15, 0.2) is 22.5 Å². The molecule has 5 nitrogen and oxygen atoms in total. The van der Waals surface area contributed by atoms with Gasteiger partial charge in [0.1, 0.15) is 5.75 Å². The molecule has 0 bridgehead atoms. The van der Waals surface area contributed by atoms with Gasteiger partial charge >= 0.3 is 0 Å². The van der Waals surface area contributed by atoms with E-state index in [2.05, 4.69) is 33.1 Å². The molecule has 4 rings (SSSR count). The molecule has 0 atom stereocenters. The molecule has 1 aromatic carbocycles. The number of piperazine rings is 1. The average Bonchev–Trinajstić information content (AvgIpc) is 3.23. The Labute approximate surface area is 161 Å². The van der Waals surface area contributed by atoms with E-state index in [0.29, 0.717) is 0 Å². The van der Waals surface area contributed by atoms with Gasteiger partial charge < -0.3 is 4.74 Å². The fourth-order valence-corrected chi connectivity index (χ4v) is 5.07. The van der Waals surface area contributed by atoms with Crippen molar-refractivity contribution in [3.63, 3.8) is 0 Å². The number of aromatic nitrogens is 2. The lowest BCUT2D eigenvalue weighted by Crippen LogP contribution is -2.46. The van der Waals surface area contributed by atoms with Crippen LogP contribution in [0.25, 0.3) is 0 Å². The first-order valence-electron chi connectivity index (χ1n) is 8.52. The average molecular weight is 395 g/mol. The van der Waals surface area contributed by atoms with Gasteiger partial charge in [-0.1, -0.05) is 35.2 Å². The Kier molecular flexibility index (Phi) is 5.42. The molecule has 8 heteroatoms. The van der Waals surface area contributed by atoms with Crippen molar-refractivity contribution in [2.75, 3.05) is 39.0 Å². The Morgan fingerprint density at radius 1 is 1.24 bits per heavy atom. The third kappa shape index (κ3) is 4.09. The van der Waals surface area contributed by atoms with Crippen molar-refractivity contribution >= 4 is 35.3 Å². The van der Waals surface area contributed by atoms with Gasteiger partial charge in [0.05, 0.1) is 13.3 Å². The molecule has 3 heterocycles. The van der Waals surface area contributed by atoms with Crippen molar-refractivity contribution in [3.8, 4) is 5.75 Å². The van der Waals surface area contributed by atoms with Crippen LogP contribution in [-0.4, -0.2) is 58.6 Å². The summed E-state index contributed by atoms with van der Waals surface area (Å²) in [5.41, 5.74) is 2.75. The summed E-state index contributed by atoms with van der Waals surface area (Å²) >= 11 is 8.67. The van der Waals surface area contributed by atoms with Crippen LogP contribution in [0.2, 0.25) is 0 Å². The first kappa shape index (κ1) is 17.5. The molecule has 0 saturated carbocycles. The van der Waals surface area contributed by atoms with Crippen LogP contribution in [-0.2, 0) is 19.6 Å². The van der Waals surface area contributed by atoms with Gasteiger partial charge in [-0.15, -0.1) is 0 Å². The van der Waals surface area contributed by atoms with Crippen LogP contribution in [0.5, 0.6) is 5.75 Å². The lowest BCUT2D eigenvalue weighted by molar-refractivity contribution is 0.0980. The summed E-state index contributed by atoms with van der Waals surface area (Å²) in [6.07, 6.45) is 3.09. The molecule has 134 valence electrons. The summed E-state index contributed by atoms with van der Waals surface area (Å²) in [6, 6.07) is 6.64. The van der Waals surface area contributed by atoms with Gasteiger partial charge in [0, 0.05) is 39.1 Å². The molecule has 1 saturated heterocycles. The zero-order valence-electron chi connectivity index (χ0n) is 14.3. The molecule has 0 radical (unpaired) electrons. The molecule has 0 N–H and O–H groups in total. The van der Waals surface area contributed by atoms with Crippen LogP contribution in [0.4, 0.5) is 0 Å². The number of ether oxygens (including phenoxy) is 1. The van der Waals surface area contributed by atoms with Gasteiger partial charge in [-0.05, 0) is 35.7 Å². The first-order valence-corrected chi connectivity index (χ1v) is 11.0. The molecule has 0 amide bonds. The molecule has 1 fully saturated rings. The summed E-state index contributed by atoms with van der Waals surface area (Å²) in [4.78, 5) is 4.97. The summed E-state index contributed by atoms with van der Waals surface area (Å²) in [7, 11) is 0. The molecule has 25 heavy (non-hydrogen) atoms. The highest BCUT2D eigenvalue weighted by molar-refractivity contribution is 8.00. The molecule has 2 aromatic rings. The normalized spacial score (nSPS) is 18.3. The van der Waals surface area contributed by atoms with Crippen molar-refractivity contribution in [3.05, 3.63) is 33.3 Å². The second-order valence-corrected chi connectivity index (χ2v) is 9.09. The fourth-order valence-electron chi connectivity index (χ4n) is 3.33. The van der Waals surface area contributed by atoms with Gasteiger partial charge in [0.2, 0.25) is 0 Å². The Bertz CT molecular complexity index is 795. The Morgan fingerprint density at radius 3 is 2.80 bits per heavy atom. The molecule has 2 aliphatic heterocycles. The number of benzene rings is 1. The van der Waals surface area contributed by atoms with E-state index in [4.69, 9.17) is 17.0 Å². The SMILES string of the molecule is CSc1nn(CN2CCN(Cc3ccc4c(c3)CCO4)CC2)c(=S)s1. The van der Waals surface area contributed by atoms with Gasteiger partial charge in [-0.2, -0.15) is 5.10 Å². The minimum atomic E-state index is 0.805. The molecule has 0 spiro atoms. The Morgan fingerprint density at radius 2 is 2.04 bits per heavy atom. The van der Waals surface area contributed by atoms with E-state index in [9.17, 15) is 0 Å². The van der Waals surface area contributed by atoms with Crippen molar-refractivity contribution in [2.24, 2.45) is 0 Å². The second-order valence-electron chi connectivity index (χ2n) is 6.41. The van der Waals surface area contributed by atoms with Crippen LogP contribution in [0.3, 0.4) is 0 Å². The number of thioether (sulfide) groups is 1. The highest BCUT2D eigenvalue weighted by Gasteiger charge is 2.19. The maximum atomic E-state index is 5.60. The van der Waals surface area contributed by atoms with E-state index < -0.39 is 0 Å². The maximum absolute atomic E-state index is 5.60. The Hall–Kier alpha value is -0.930. The summed E-state index contributed by atoms with van der Waals surface area (Å²) in [6.45, 7) is 6.94. The summed E-state index contributed by atoms with van der Waals surface area (Å²) in [5.74, 6) is 1.07. The molecule has 0 aliphatic carbocycles. The molecule has 1 aromatic heterocycles. The monoisotopic (exact) mass is 394 g/mol. The smallest absolute Gasteiger partial charge is 0.181 e. The van der Waals surface area contributed by atoms with Crippen LogP contribution < -0.4 is 4.74 Å². The number of fused-ring (bicyclic) bond motifs is 1. The maximum Gasteiger partial charge on any atom is 0.181 e. The van der Waals surface area contributed by atoms with E-state index in [1.54, 1.807) is 23.1 Å². The summed E-state index contributed by atoms with van der Waals surface area (Å²) < 4.78 is 9.47. The van der Waals surface area contributed by atoms with Crippen molar-refractivity contribution in [1.29, 1.82) is 0 Å². The number of nitrogens with zero attached hydrogens (tertiary/aromatic N) is 4. The van der Waals surface area contributed by atoms with E-state index in [1.807, 2.05) is 10.9 Å². The number of rotatable bonds is 5.